The lowest BCUT2D eigenvalue weighted by molar-refractivity contribution is -2.00. The van der Waals surface area contributed by atoms with Crippen LogP contribution in [-0.4, -0.2) is 17.2 Å². The van der Waals surface area contributed by atoms with Crippen molar-refractivity contribution in [3.05, 3.63) is 0 Å². The fraction of sp³-hybridized carbons (Fsp3) is 0.875. The molecule has 0 amide bonds. The van der Waals surface area contributed by atoms with Gasteiger partial charge in [0.05, 0.1) is 6.92 Å². The van der Waals surface area contributed by atoms with Crippen molar-refractivity contribution in [2.75, 3.05) is 0 Å². The van der Waals surface area contributed by atoms with E-state index in [-0.39, 0.29) is 11.2 Å². The van der Waals surface area contributed by atoms with E-state index in [9.17, 15) is 0 Å². The molecule has 7 heteroatoms. The molecule has 0 fully saturated rings. The minimum absolute atomic E-state index is 0.197. The summed E-state index contributed by atoms with van der Waals surface area (Å²) in [7, 11) is -4.94. The minimum Gasteiger partial charge on any atom is -0.309 e. The van der Waals surface area contributed by atoms with Crippen molar-refractivity contribution in [2.24, 2.45) is 0 Å². The maximum Gasteiger partial charge on any atom is 0.483 e. The molecule has 6 nitrogen and oxygen atoms in total. The van der Waals surface area contributed by atoms with E-state index in [2.05, 4.69) is 0 Å². The standard InChI is InChI=1S/C8H15O2.ClHO4/c1-6-9-7(2,3)8(4,5)10-6;2-1(3,4)5/h1-5H3;(H,2,3,4,5)/q+1;/p-1. The molecule has 0 atom stereocenters. The molecule has 0 saturated carbocycles. The smallest absolute Gasteiger partial charge is 0.309 e. The molecule has 0 N–H and O–H groups in total. The Morgan fingerprint density at radius 2 is 1.40 bits per heavy atom. The zero-order chi connectivity index (χ0) is 12.5. The normalized spacial score (nSPS) is 22.3. The molecule has 0 saturated heterocycles. The van der Waals surface area contributed by atoms with Crippen LogP contribution in [0.5, 0.6) is 0 Å². The fourth-order valence-electron chi connectivity index (χ4n) is 0.985. The van der Waals surface area contributed by atoms with Gasteiger partial charge < -0.3 is 9.16 Å². The van der Waals surface area contributed by atoms with Gasteiger partial charge in [0.25, 0.3) is 11.2 Å². The third kappa shape index (κ3) is 5.29. The molecule has 1 aliphatic heterocycles. The largest absolute Gasteiger partial charge is 0.483 e. The molecule has 1 heterocycles. The summed E-state index contributed by atoms with van der Waals surface area (Å²) in [6.07, 6.45) is 0. The number of hydrogen-bond donors (Lipinski definition) is 0. The van der Waals surface area contributed by atoms with Crippen LogP contribution in [-0.2, 0) is 9.16 Å². The molecule has 0 radical (unpaired) electrons. The Labute approximate surface area is 90.5 Å². The predicted octanol–water partition coefficient (Wildman–Crippen LogP) is -3.10. The predicted molar refractivity (Wildman–Crippen MR) is 39.9 cm³/mol. The Morgan fingerprint density at radius 1 is 1.07 bits per heavy atom. The number of halogens is 1. The minimum atomic E-state index is -4.94. The third-order valence-electron chi connectivity index (χ3n) is 2.25. The van der Waals surface area contributed by atoms with Gasteiger partial charge >= 0.3 is 5.97 Å². The van der Waals surface area contributed by atoms with Crippen LogP contribution in [0, 0.1) is 10.2 Å². The third-order valence-corrected chi connectivity index (χ3v) is 2.25. The van der Waals surface area contributed by atoms with Gasteiger partial charge in [0.15, 0.2) is 0 Å². The first-order valence-electron chi connectivity index (χ1n) is 4.18. The van der Waals surface area contributed by atoms with Crippen molar-refractivity contribution in [3.8, 4) is 0 Å². The van der Waals surface area contributed by atoms with Crippen molar-refractivity contribution >= 4 is 5.97 Å². The van der Waals surface area contributed by atoms with Crippen LogP contribution in [0.3, 0.4) is 0 Å². The number of rotatable bonds is 0. The molecule has 0 aromatic carbocycles. The Kier molecular flexibility index (Phi) is 4.11. The van der Waals surface area contributed by atoms with E-state index in [0.717, 1.165) is 0 Å². The van der Waals surface area contributed by atoms with Gasteiger partial charge in [-0.05, 0) is 0 Å². The van der Waals surface area contributed by atoms with Crippen LogP contribution in [0.15, 0.2) is 0 Å². The Bertz CT molecular complexity index is 246. The lowest BCUT2D eigenvalue weighted by Crippen LogP contribution is -2.68. The van der Waals surface area contributed by atoms with Crippen molar-refractivity contribution in [1.82, 2.24) is 0 Å². The molecule has 0 unspecified atom stereocenters. The summed E-state index contributed by atoms with van der Waals surface area (Å²) in [4.78, 5) is 0. The number of hydrogen-bond acceptors (Lipinski definition) is 5. The van der Waals surface area contributed by atoms with E-state index in [0.29, 0.717) is 5.97 Å². The van der Waals surface area contributed by atoms with E-state index in [1.54, 1.807) is 0 Å². The summed E-state index contributed by atoms with van der Waals surface area (Å²) in [5, 5.41) is 0. The molecule has 0 aliphatic carbocycles. The van der Waals surface area contributed by atoms with E-state index in [4.69, 9.17) is 27.8 Å². The summed E-state index contributed by atoms with van der Waals surface area (Å²) >= 11 is 0. The van der Waals surface area contributed by atoms with Gasteiger partial charge in [0, 0.05) is 27.7 Å². The Hall–Kier alpha value is -0.400. The fourth-order valence-corrected chi connectivity index (χ4v) is 0.985. The number of esters is 1. The maximum absolute atomic E-state index is 8.49. The lowest BCUT2D eigenvalue weighted by atomic mass is 9.90. The van der Waals surface area contributed by atoms with Crippen molar-refractivity contribution in [1.29, 1.82) is 0 Å². The average molecular weight is 243 g/mol. The molecule has 1 aliphatic rings. The van der Waals surface area contributed by atoms with Gasteiger partial charge in [-0.1, -0.05) is 0 Å². The van der Waals surface area contributed by atoms with Crippen LogP contribution in [0.2, 0.25) is 0 Å². The first-order chi connectivity index (χ1) is 6.35. The molecule has 0 aromatic heterocycles. The van der Waals surface area contributed by atoms with E-state index < -0.39 is 10.2 Å². The van der Waals surface area contributed by atoms with Gasteiger partial charge in [0.2, 0.25) is 0 Å². The van der Waals surface area contributed by atoms with Gasteiger partial charge in [-0.3, -0.25) is 0 Å². The molecule has 1 rings (SSSR count). The van der Waals surface area contributed by atoms with Crippen LogP contribution >= 0.6 is 0 Å². The highest BCUT2D eigenvalue weighted by atomic mass is 35.7. The first kappa shape index (κ1) is 14.6. The summed E-state index contributed by atoms with van der Waals surface area (Å²) in [6, 6.07) is 0. The molecule has 0 aromatic rings. The molecular formula is C8H15ClO6. The van der Waals surface area contributed by atoms with E-state index in [1.807, 2.05) is 34.6 Å². The van der Waals surface area contributed by atoms with Crippen LogP contribution in [0.25, 0.3) is 0 Å². The monoisotopic (exact) mass is 242 g/mol. The van der Waals surface area contributed by atoms with Gasteiger partial charge in [-0.15, -0.1) is 10.2 Å². The maximum atomic E-state index is 8.49. The van der Waals surface area contributed by atoms with Gasteiger partial charge in [-0.25, -0.2) is 18.6 Å². The van der Waals surface area contributed by atoms with Crippen molar-refractivity contribution < 1.29 is 38.0 Å². The van der Waals surface area contributed by atoms with Gasteiger partial charge in [0.1, 0.15) is 0 Å². The topological polar surface area (TPSA) is 113 Å². The van der Waals surface area contributed by atoms with Crippen molar-refractivity contribution in [2.45, 2.75) is 45.8 Å². The Morgan fingerprint density at radius 3 is 1.47 bits per heavy atom. The van der Waals surface area contributed by atoms with Crippen LogP contribution < -0.4 is 18.6 Å². The zero-order valence-corrected chi connectivity index (χ0v) is 10.1. The second-order valence-corrected chi connectivity index (χ2v) is 4.85. The highest BCUT2D eigenvalue weighted by molar-refractivity contribution is 5.68. The SMILES string of the molecule is CC1=[O+]C(C)(C)C(C)(C)O1.[O-][Cl+3]([O-])([O-])[O-]. The Balaban J connectivity index is 0.000000336. The molecule has 0 spiro atoms. The van der Waals surface area contributed by atoms with Crippen LogP contribution in [0.4, 0.5) is 0 Å². The van der Waals surface area contributed by atoms with Gasteiger partial charge in [-0.2, -0.15) is 0 Å². The van der Waals surface area contributed by atoms with E-state index >= 15 is 0 Å². The number of cyclic esters (lactones) is 1. The zero-order valence-electron chi connectivity index (χ0n) is 9.33. The summed E-state index contributed by atoms with van der Waals surface area (Å²) in [6.45, 7) is 9.97. The molecular weight excluding hydrogens is 228 g/mol. The first-order valence-corrected chi connectivity index (χ1v) is 5.42. The molecule has 15 heavy (non-hydrogen) atoms. The quantitative estimate of drug-likeness (QED) is 0.330. The summed E-state index contributed by atoms with van der Waals surface area (Å²) in [5.74, 6) is 0.676. The second-order valence-electron chi connectivity index (χ2n) is 4.09. The molecule has 0 bridgehead atoms. The summed E-state index contributed by atoms with van der Waals surface area (Å²) in [5.41, 5.74) is -0.395. The number of ether oxygens (including phenoxy) is 1. The molecule has 90 valence electrons. The summed E-state index contributed by atoms with van der Waals surface area (Å²) < 4.78 is 44.9. The number of carbonyl (C=O) groups excluding carboxylic acids is 1. The van der Waals surface area contributed by atoms with E-state index in [1.165, 1.54) is 0 Å². The lowest BCUT2D eigenvalue weighted by Gasteiger charge is -2.19. The second kappa shape index (κ2) is 4.23. The average Bonchev–Trinajstić information content (AvgIpc) is 1.93. The highest BCUT2D eigenvalue weighted by Gasteiger charge is 2.56. The highest BCUT2D eigenvalue weighted by Crippen LogP contribution is 2.31. The van der Waals surface area contributed by atoms with Crippen molar-refractivity contribution in [3.63, 3.8) is 0 Å². The van der Waals surface area contributed by atoms with Crippen LogP contribution in [0.1, 0.15) is 34.6 Å².